The summed E-state index contributed by atoms with van der Waals surface area (Å²) in [7, 11) is 0. The summed E-state index contributed by atoms with van der Waals surface area (Å²) in [6.07, 6.45) is 0.542. The maximum Gasteiger partial charge on any atom is 0.305 e. The van der Waals surface area contributed by atoms with Crippen molar-refractivity contribution in [1.29, 1.82) is 0 Å². The lowest BCUT2D eigenvalue weighted by molar-refractivity contribution is -0.139. The van der Waals surface area contributed by atoms with Gasteiger partial charge in [0.25, 0.3) is 0 Å². The second-order valence-electron chi connectivity index (χ2n) is 8.24. The highest BCUT2D eigenvalue weighted by Gasteiger charge is 2.39. The Bertz CT molecular complexity index is 964. The minimum absolute atomic E-state index is 0.167. The third-order valence-corrected chi connectivity index (χ3v) is 5.70. The average molecular weight is 475 g/mol. The Kier molecular flexibility index (Phi) is 9.28. The number of carboxylic acid groups (broad SMARTS) is 1. The summed E-state index contributed by atoms with van der Waals surface area (Å²) in [4.78, 5) is 73.5. The predicted octanol–water partition coefficient (Wildman–Crippen LogP) is -0.230. The van der Waals surface area contributed by atoms with Gasteiger partial charge in [0.05, 0.1) is 19.0 Å². The van der Waals surface area contributed by atoms with E-state index >= 15 is 0 Å². The molecular weight excluding hydrogens is 444 g/mol. The van der Waals surface area contributed by atoms with Crippen molar-refractivity contribution >= 4 is 41.6 Å². The fourth-order valence-electron chi connectivity index (χ4n) is 3.78. The standard InChI is InChI=1S/C23H30N4O7/c1-4-13(2)21(25-14(3)29)23(34)24-11-19(30)27-17-8-6-5-7-15(17)9-18(27)22(33)26-16(12-28)10-20(31)32/h5-8,12-13,16,18,21H,4,9-11H2,1-3H3,(H,24,34)(H,25,29)(H,26,33)(H,31,32)/t13-,16-,18-,21-/m0/s1. The monoisotopic (exact) mass is 474 g/mol. The third-order valence-electron chi connectivity index (χ3n) is 5.70. The Balaban J connectivity index is 2.18. The molecule has 34 heavy (non-hydrogen) atoms. The van der Waals surface area contributed by atoms with Gasteiger partial charge < -0.3 is 25.9 Å². The number of nitrogens with one attached hydrogen (secondary N) is 3. The van der Waals surface area contributed by atoms with Gasteiger partial charge in [-0.25, -0.2) is 0 Å². The van der Waals surface area contributed by atoms with E-state index in [1.807, 2.05) is 6.92 Å². The topological polar surface area (TPSA) is 162 Å². The highest BCUT2D eigenvalue weighted by atomic mass is 16.4. The van der Waals surface area contributed by atoms with Crippen molar-refractivity contribution in [3.63, 3.8) is 0 Å². The van der Waals surface area contributed by atoms with Crippen molar-refractivity contribution in [2.45, 2.75) is 58.2 Å². The van der Waals surface area contributed by atoms with E-state index in [0.717, 1.165) is 5.56 Å². The number of hydrogen-bond donors (Lipinski definition) is 4. The maximum absolute atomic E-state index is 13.1. The molecule has 0 bridgehead atoms. The molecule has 1 aromatic rings. The molecule has 4 amide bonds. The number of rotatable bonds is 11. The Morgan fingerprint density at radius 2 is 1.85 bits per heavy atom. The molecule has 0 spiro atoms. The van der Waals surface area contributed by atoms with Gasteiger partial charge in [0, 0.05) is 19.0 Å². The van der Waals surface area contributed by atoms with Gasteiger partial charge in [-0.3, -0.25) is 28.9 Å². The van der Waals surface area contributed by atoms with Crippen LogP contribution in [0.25, 0.3) is 0 Å². The third kappa shape index (κ3) is 6.63. The van der Waals surface area contributed by atoms with Crippen LogP contribution in [0.3, 0.4) is 0 Å². The molecule has 0 aromatic heterocycles. The van der Waals surface area contributed by atoms with Crippen LogP contribution in [0.5, 0.6) is 0 Å². The van der Waals surface area contributed by atoms with E-state index in [2.05, 4.69) is 16.0 Å². The van der Waals surface area contributed by atoms with Crippen LogP contribution in [0.15, 0.2) is 24.3 Å². The second kappa shape index (κ2) is 11.9. The van der Waals surface area contributed by atoms with Crippen molar-refractivity contribution in [1.82, 2.24) is 16.0 Å². The Morgan fingerprint density at radius 1 is 1.18 bits per heavy atom. The van der Waals surface area contributed by atoms with E-state index in [4.69, 9.17) is 5.11 Å². The van der Waals surface area contributed by atoms with E-state index in [0.29, 0.717) is 18.4 Å². The van der Waals surface area contributed by atoms with Crippen LogP contribution < -0.4 is 20.9 Å². The van der Waals surface area contributed by atoms with E-state index in [9.17, 15) is 28.8 Å². The largest absolute Gasteiger partial charge is 0.481 e. The minimum atomic E-state index is -1.25. The van der Waals surface area contributed by atoms with Gasteiger partial charge >= 0.3 is 5.97 Å². The van der Waals surface area contributed by atoms with Crippen LogP contribution in [0, 0.1) is 5.92 Å². The summed E-state index contributed by atoms with van der Waals surface area (Å²) < 4.78 is 0. The molecule has 184 valence electrons. The van der Waals surface area contributed by atoms with Crippen molar-refractivity contribution in [2.75, 3.05) is 11.4 Å². The van der Waals surface area contributed by atoms with Crippen LogP contribution >= 0.6 is 0 Å². The van der Waals surface area contributed by atoms with Crippen molar-refractivity contribution in [3.05, 3.63) is 29.8 Å². The normalized spacial score (nSPS) is 17.0. The van der Waals surface area contributed by atoms with E-state index in [-0.39, 0.29) is 18.2 Å². The number of amides is 4. The summed E-state index contributed by atoms with van der Waals surface area (Å²) in [6.45, 7) is 4.56. The van der Waals surface area contributed by atoms with Crippen LogP contribution in [-0.2, 0) is 35.2 Å². The first-order chi connectivity index (χ1) is 16.1. The summed E-state index contributed by atoms with van der Waals surface area (Å²) in [5, 5.41) is 16.4. The smallest absolute Gasteiger partial charge is 0.305 e. The molecule has 0 aliphatic carbocycles. The van der Waals surface area contributed by atoms with E-state index < -0.39 is 54.8 Å². The lowest BCUT2D eigenvalue weighted by atomic mass is 9.98. The first-order valence-electron chi connectivity index (χ1n) is 11.0. The van der Waals surface area contributed by atoms with E-state index in [1.54, 1.807) is 31.2 Å². The number of carboxylic acids is 1. The molecule has 0 fully saturated rings. The maximum atomic E-state index is 13.1. The van der Waals surface area contributed by atoms with Gasteiger partial charge in [0.2, 0.25) is 23.6 Å². The number of fused-ring (bicyclic) bond motifs is 1. The van der Waals surface area contributed by atoms with Crippen LogP contribution in [-0.4, -0.2) is 65.7 Å². The minimum Gasteiger partial charge on any atom is -0.481 e. The molecule has 1 heterocycles. The lowest BCUT2D eigenvalue weighted by Crippen LogP contribution is -2.55. The molecule has 0 saturated heterocycles. The van der Waals surface area contributed by atoms with Crippen LogP contribution in [0.4, 0.5) is 5.69 Å². The number of benzene rings is 1. The number of aliphatic carboxylic acids is 1. The number of carbonyl (C=O) groups excluding carboxylic acids is 5. The Hall–Kier alpha value is -3.76. The van der Waals surface area contributed by atoms with Gasteiger partial charge in [-0.1, -0.05) is 38.5 Å². The first kappa shape index (κ1) is 26.5. The van der Waals surface area contributed by atoms with Crippen molar-refractivity contribution in [3.8, 4) is 0 Å². The van der Waals surface area contributed by atoms with Crippen molar-refractivity contribution in [2.24, 2.45) is 5.92 Å². The highest BCUT2D eigenvalue weighted by molar-refractivity contribution is 6.05. The van der Waals surface area contributed by atoms with Gasteiger partial charge in [-0.15, -0.1) is 0 Å². The molecule has 4 atom stereocenters. The molecule has 1 aromatic carbocycles. The SMILES string of the molecule is CC[C@H](C)[C@H](NC(C)=O)C(=O)NCC(=O)N1c2ccccc2C[C@H]1C(=O)N[C@H](C=O)CC(=O)O. The zero-order valence-corrected chi connectivity index (χ0v) is 19.4. The van der Waals surface area contributed by atoms with Gasteiger partial charge in [0.15, 0.2) is 0 Å². The highest BCUT2D eigenvalue weighted by Crippen LogP contribution is 2.32. The van der Waals surface area contributed by atoms with Crippen LogP contribution in [0.1, 0.15) is 39.2 Å². The predicted molar refractivity (Wildman–Crippen MR) is 122 cm³/mol. The molecule has 0 unspecified atom stereocenters. The molecule has 0 saturated carbocycles. The number of para-hydroxylation sites is 1. The fourth-order valence-corrected chi connectivity index (χ4v) is 3.78. The van der Waals surface area contributed by atoms with Gasteiger partial charge in [-0.2, -0.15) is 0 Å². The first-order valence-corrected chi connectivity index (χ1v) is 11.0. The molecule has 11 nitrogen and oxygen atoms in total. The summed E-state index contributed by atoms with van der Waals surface area (Å²) in [6, 6.07) is 3.81. The molecule has 11 heteroatoms. The zero-order chi connectivity index (χ0) is 25.4. The molecule has 1 aliphatic rings. The van der Waals surface area contributed by atoms with E-state index in [1.165, 1.54) is 11.8 Å². The molecule has 2 rings (SSSR count). The molecule has 4 N–H and O–H groups in total. The molecule has 1 aliphatic heterocycles. The Labute approximate surface area is 197 Å². The summed E-state index contributed by atoms with van der Waals surface area (Å²) in [5.74, 6) is -3.55. The van der Waals surface area contributed by atoms with Crippen LogP contribution in [0.2, 0.25) is 0 Å². The quantitative estimate of drug-likeness (QED) is 0.322. The second-order valence-corrected chi connectivity index (χ2v) is 8.24. The molecule has 0 radical (unpaired) electrons. The number of nitrogens with zero attached hydrogens (tertiary/aromatic N) is 1. The van der Waals surface area contributed by atoms with Gasteiger partial charge in [0.1, 0.15) is 18.4 Å². The molecular formula is C23H30N4O7. The number of aldehydes is 1. The zero-order valence-electron chi connectivity index (χ0n) is 19.4. The summed E-state index contributed by atoms with van der Waals surface area (Å²) >= 11 is 0. The van der Waals surface area contributed by atoms with Gasteiger partial charge in [-0.05, 0) is 17.5 Å². The average Bonchev–Trinajstić information content (AvgIpc) is 3.19. The van der Waals surface area contributed by atoms with Crippen molar-refractivity contribution < 1.29 is 33.9 Å². The number of anilines is 1. The lowest BCUT2D eigenvalue weighted by Gasteiger charge is -2.27. The fraction of sp³-hybridized carbons (Fsp3) is 0.478. The number of hydrogen-bond acceptors (Lipinski definition) is 6. The number of carbonyl (C=O) groups is 6. The Morgan fingerprint density at radius 3 is 2.44 bits per heavy atom. The summed E-state index contributed by atoms with van der Waals surface area (Å²) in [5.41, 5.74) is 1.21.